The zero-order valence-corrected chi connectivity index (χ0v) is 9.65. The fourth-order valence-electron chi connectivity index (χ4n) is 1.31. The SMILES string of the molecule is Cc1cccc(OC(C)C(=O)N(C)C)c1. The number of ether oxygens (including phenoxy) is 1. The highest BCUT2D eigenvalue weighted by molar-refractivity contribution is 5.80. The maximum Gasteiger partial charge on any atom is 0.262 e. The molecule has 1 aromatic rings. The number of carbonyl (C=O) groups is 1. The second-order valence-electron chi connectivity index (χ2n) is 3.81. The molecule has 0 aliphatic heterocycles. The summed E-state index contributed by atoms with van der Waals surface area (Å²) in [5.41, 5.74) is 1.12. The van der Waals surface area contributed by atoms with Crippen molar-refractivity contribution in [1.82, 2.24) is 4.90 Å². The number of amides is 1. The predicted molar refractivity (Wildman–Crippen MR) is 60.0 cm³/mol. The molecule has 0 N–H and O–H groups in total. The minimum absolute atomic E-state index is 0.0310. The third kappa shape index (κ3) is 3.27. The Morgan fingerprint density at radius 3 is 2.60 bits per heavy atom. The van der Waals surface area contributed by atoms with Crippen molar-refractivity contribution in [3.05, 3.63) is 29.8 Å². The van der Waals surface area contributed by atoms with E-state index in [-0.39, 0.29) is 5.91 Å². The minimum atomic E-state index is -0.443. The summed E-state index contributed by atoms with van der Waals surface area (Å²) in [6.07, 6.45) is -0.443. The molecule has 0 fully saturated rings. The molecule has 1 amide bonds. The summed E-state index contributed by atoms with van der Waals surface area (Å²) in [5, 5.41) is 0. The Bertz CT molecular complexity index is 347. The van der Waals surface area contributed by atoms with Gasteiger partial charge < -0.3 is 9.64 Å². The summed E-state index contributed by atoms with van der Waals surface area (Å²) in [4.78, 5) is 13.1. The molecule has 0 aliphatic rings. The molecule has 0 bridgehead atoms. The highest BCUT2D eigenvalue weighted by Crippen LogP contribution is 2.14. The number of aryl methyl sites for hydroxylation is 1. The first-order valence-corrected chi connectivity index (χ1v) is 4.95. The predicted octanol–water partition coefficient (Wildman–Crippen LogP) is 1.85. The average Bonchev–Trinajstić information content (AvgIpc) is 2.16. The molecule has 1 unspecified atom stereocenters. The van der Waals surface area contributed by atoms with Crippen molar-refractivity contribution in [3.63, 3.8) is 0 Å². The van der Waals surface area contributed by atoms with E-state index in [0.29, 0.717) is 0 Å². The number of likely N-dealkylation sites (N-methyl/N-ethyl adjacent to an activating group) is 1. The fourth-order valence-corrected chi connectivity index (χ4v) is 1.31. The Hall–Kier alpha value is -1.51. The highest BCUT2D eigenvalue weighted by atomic mass is 16.5. The van der Waals surface area contributed by atoms with E-state index in [1.165, 1.54) is 4.90 Å². The molecule has 82 valence electrons. The van der Waals surface area contributed by atoms with Crippen LogP contribution in [0.5, 0.6) is 5.75 Å². The van der Waals surface area contributed by atoms with Crippen LogP contribution in [0.3, 0.4) is 0 Å². The molecule has 0 spiro atoms. The zero-order valence-electron chi connectivity index (χ0n) is 9.65. The molecular formula is C12H17NO2. The van der Waals surface area contributed by atoms with E-state index >= 15 is 0 Å². The summed E-state index contributed by atoms with van der Waals surface area (Å²) < 4.78 is 5.53. The number of carbonyl (C=O) groups excluding carboxylic acids is 1. The summed E-state index contributed by atoms with van der Waals surface area (Å²) in [6, 6.07) is 7.68. The minimum Gasteiger partial charge on any atom is -0.481 e. The molecule has 0 saturated carbocycles. The van der Waals surface area contributed by atoms with E-state index in [2.05, 4.69) is 0 Å². The van der Waals surface area contributed by atoms with E-state index in [1.54, 1.807) is 21.0 Å². The normalized spacial score (nSPS) is 12.0. The number of hydrogen-bond donors (Lipinski definition) is 0. The standard InChI is InChI=1S/C12H17NO2/c1-9-6-5-7-11(8-9)15-10(2)12(14)13(3)4/h5-8,10H,1-4H3. The molecule has 0 radical (unpaired) electrons. The van der Waals surface area contributed by atoms with E-state index in [4.69, 9.17) is 4.74 Å². The van der Waals surface area contributed by atoms with Crippen molar-refractivity contribution in [1.29, 1.82) is 0 Å². The lowest BCUT2D eigenvalue weighted by Gasteiger charge is -2.18. The van der Waals surface area contributed by atoms with Crippen LogP contribution in [-0.2, 0) is 4.79 Å². The zero-order chi connectivity index (χ0) is 11.4. The molecule has 0 aliphatic carbocycles. The van der Waals surface area contributed by atoms with Gasteiger partial charge in [-0.05, 0) is 31.5 Å². The number of rotatable bonds is 3. The van der Waals surface area contributed by atoms with Crippen molar-refractivity contribution in [2.45, 2.75) is 20.0 Å². The van der Waals surface area contributed by atoms with Crippen LogP contribution in [0.2, 0.25) is 0 Å². The van der Waals surface area contributed by atoms with E-state index in [9.17, 15) is 4.79 Å². The van der Waals surface area contributed by atoms with Gasteiger partial charge in [-0.2, -0.15) is 0 Å². The number of hydrogen-bond acceptors (Lipinski definition) is 2. The summed E-state index contributed by atoms with van der Waals surface area (Å²) in [7, 11) is 3.44. The second kappa shape index (κ2) is 4.82. The van der Waals surface area contributed by atoms with Crippen LogP contribution in [0.25, 0.3) is 0 Å². The van der Waals surface area contributed by atoms with Gasteiger partial charge >= 0.3 is 0 Å². The average molecular weight is 207 g/mol. The Kier molecular flexibility index (Phi) is 3.72. The van der Waals surface area contributed by atoms with Crippen molar-refractivity contribution in [2.24, 2.45) is 0 Å². The molecule has 1 aromatic carbocycles. The number of benzene rings is 1. The third-order valence-electron chi connectivity index (χ3n) is 2.09. The summed E-state index contributed by atoms with van der Waals surface area (Å²) >= 11 is 0. The number of nitrogens with zero attached hydrogens (tertiary/aromatic N) is 1. The Morgan fingerprint density at radius 1 is 1.40 bits per heavy atom. The van der Waals surface area contributed by atoms with Gasteiger partial charge in [-0.3, -0.25) is 4.79 Å². The van der Waals surface area contributed by atoms with E-state index < -0.39 is 6.10 Å². The van der Waals surface area contributed by atoms with Crippen molar-refractivity contribution in [2.75, 3.05) is 14.1 Å². The summed E-state index contributed by atoms with van der Waals surface area (Å²) in [6.45, 7) is 3.75. The van der Waals surface area contributed by atoms with Gasteiger partial charge in [0.2, 0.25) is 0 Å². The van der Waals surface area contributed by atoms with Gasteiger partial charge in [0, 0.05) is 14.1 Å². The van der Waals surface area contributed by atoms with Gasteiger partial charge in [0.1, 0.15) is 5.75 Å². The first kappa shape index (κ1) is 11.6. The fraction of sp³-hybridized carbons (Fsp3) is 0.417. The second-order valence-corrected chi connectivity index (χ2v) is 3.81. The molecule has 0 aromatic heterocycles. The van der Waals surface area contributed by atoms with E-state index in [1.807, 2.05) is 31.2 Å². The van der Waals surface area contributed by atoms with Crippen molar-refractivity contribution in [3.8, 4) is 5.75 Å². The lowest BCUT2D eigenvalue weighted by Crippen LogP contribution is -2.35. The van der Waals surface area contributed by atoms with Crippen LogP contribution in [-0.4, -0.2) is 31.0 Å². The van der Waals surface area contributed by atoms with Crippen LogP contribution in [0.15, 0.2) is 24.3 Å². The molecular weight excluding hydrogens is 190 g/mol. The monoisotopic (exact) mass is 207 g/mol. The lowest BCUT2D eigenvalue weighted by molar-refractivity contribution is -0.135. The topological polar surface area (TPSA) is 29.5 Å². The van der Waals surface area contributed by atoms with Crippen molar-refractivity contribution < 1.29 is 9.53 Å². The molecule has 1 atom stereocenters. The molecule has 0 saturated heterocycles. The first-order chi connectivity index (χ1) is 7.00. The largest absolute Gasteiger partial charge is 0.481 e. The quantitative estimate of drug-likeness (QED) is 0.757. The van der Waals surface area contributed by atoms with Gasteiger partial charge in [-0.25, -0.2) is 0 Å². The smallest absolute Gasteiger partial charge is 0.262 e. The van der Waals surface area contributed by atoms with Gasteiger partial charge in [0.05, 0.1) is 0 Å². The summed E-state index contributed by atoms with van der Waals surface area (Å²) in [5.74, 6) is 0.703. The van der Waals surface area contributed by atoms with Crippen LogP contribution < -0.4 is 4.74 Å². The molecule has 3 heteroatoms. The van der Waals surface area contributed by atoms with Crippen LogP contribution in [0.4, 0.5) is 0 Å². The van der Waals surface area contributed by atoms with Gasteiger partial charge in [-0.15, -0.1) is 0 Å². The van der Waals surface area contributed by atoms with Crippen LogP contribution in [0.1, 0.15) is 12.5 Å². The van der Waals surface area contributed by atoms with Gasteiger partial charge in [0.15, 0.2) is 6.10 Å². The maximum absolute atomic E-state index is 11.5. The molecule has 3 nitrogen and oxygen atoms in total. The Labute approximate surface area is 90.7 Å². The van der Waals surface area contributed by atoms with E-state index in [0.717, 1.165) is 11.3 Å². The van der Waals surface area contributed by atoms with Crippen LogP contribution >= 0.6 is 0 Å². The van der Waals surface area contributed by atoms with Crippen molar-refractivity contribution >= 4 is 5.91 Å². The lowest BCUT2D eigenvalue weighted by atomic mass is 10.2. The Balaban J connectivity index is 2.66. The van der Waals surface area contributed by atoms with Gasteiger partial charge in [0.25, 0.3) is 5.91 Å². The molecule has 0 heterocycles. The molecule has 1 rings (SSSR count). The maximum atomic E-state index is 11.5. The van der Waals surface area contributed by atoms with Crippen LogP contribution in [0, 0.1) is 6.92 Å². The third-order valence-corrected chi connectivity index (χ3v) is 2.09. The van der Waals surface area contributed by atoms with Gasteiger partial charge in [-0.1, -0.05) is 12.1 Å². The Morgan fingerprint density at radius 2 is 2.07 bits per heavy atom. The molecule has 15 heavy (non-hydrogen) atoms. The first-order valence-electron chi connectivity index (χ1n) is 4.95. The highest BCUT2D eigenvalue weighted by Gasteiger charge is 2.16.